The van der Waals surface area contributed by atoms with E-state index in [-0.39, 0.29) is 18.3 Å². The molecule has 164 valence electrons. The van der Waals surface area contributed by atoms with Crippen molar-refractivity contribution in [2.24, 2.45) is 35.6 Å². The molecule has 6 nitrogen and oxygen atoms in total. The molecule has 1 aromatic heterocycles. The second kappa shape index (κ2) is 6.24. The lowest BCUT2D eigenvalue weighted by Gasteiger charge is -2.62. The van der Waals surface area contributed by atoms with Gasteiger partial charge in [0.25, 0.3) is 0 Å². The number of hydrogen-bond acceptors (Lipinski definition) is 5. The molecule has 0 bridgehead atoms. The van der Waals surface area contributed by atoms with E-state index in [1.54, 1.807) is 10.9 Å². The molecular weight excluding hydrogens is 387 g/mol. The van der Waals surface area contributed by atoms with Crippen molar-refractivity contribution in [3.05, 3.63) is 23.0 Å². The molecule has 0 radical (unpaired) electrons. The molecule has 4 aliphatic carbocycles. The van der Waals surface area contributed by atoms with Crippen molar-refractivity contribution in [1.82, 2.24) is 9.78 Å². The van der Waals surface area contributed by atoms with E-state index in [2.05, 4.69) is 5.10 Å². The molecule has 3 saturated carbocycles. The van der Waals surface area contributed by atoms with Gasteiger partial charge in [-0.1, -0.05) is 19.4 Å². The molecular formula is C23H31FN2O4. The van der Waals surface area contributed by atoms with Crippen LogP contribution in [-0.2, 0) is 18.3 Å². The zero-order valence-electron chi connectivity index (χ0n) is 17.8. The number of aromatic nitrogens is 2. The maximum Gasteiger partial charge on any atom is 0.167 e. The third-order valence-electron chi connectivity index (χ3n) is 9.26. The van der Waals surface area contributed by atoms with E-state index in [0.717, 1.165) is 16.8 Å². The summed E-state index contributed by atoms with van der Waals surface area (Å²) in [6, 6.07) is 0. The van der Waals surface area contributed by atoms with Gasteiger partial charge in [0.1, 0.15) is 12.3 Å². The monoisotopic (exact) mass is 418 g/mol. The first-order chi connectivity index (χ1) is 14.1. The lowest BCUT2D eigenvalue weighted by Crippen LogP contribution is -2.69. The fourth-order valence-electron chi connectivity index (χ4n) is 7.77. The Balaban J connectivity index is 1.64. The Kier molecular flexibility index (Phi) is 4.23. The molecule has 3 fully saturated rings. The highest BCUT2D eigenvalue weighted by Gasteiger charge is 2.74. The summed E-state index contributed by atoms with van der Waals surface area (Å²) in [6.45, 7) is 3.08. The number of hydrogen-bond donors (Lipinski definition) is 3. The number of aliphatic hydroxyl groups excluding tert-OH is 3. The zero-order chi connectivity index (χ0) is 21.6. The number of carbonyl (C=O) groups is 1. The van der Waals surface area contributed by atoms with Gasteiger partial charge in [-0.05, 0) is 55.6 Å². The number of nitrogens with zero attached hydrogens (tertiary/aromatic N) is 2. The van der Waals surface area contributed by atoms with Crippen LogP contribution in [0.4, 0.5) is 4.39 Å². The van der Waals surface area contributed by atoms with E-state index in [1.165, 1.54) is 0 Å². The van der Waals surface area contributed by atoms with Gasteiger partial charge < -0.3 is 15.3 Å². The molecule has 8 atom stereocenters. The molecule has 4 aliphatic rings. The van der Waals surface area contributed by atoms with Gasteiger partial charge in [0.2, 0.25) is 0 Å². The largest absolute Gasteiger partial charge is 0.392 e. The topological polar surface area (TPSA) is 95.6 Å². The molecule has 3 N–H and O–H groups in total. The summed E-state index contributed by atoms with van der Waals surface area (Å²) in [6.07, 6.45) is 3.50. The van der Waals surface area contributed by atoms with Crippen molar-refractivity contribution in [1.29, 1.82) is 0 Å². The van der Waals surface area contributed by atoms with Crippen molar-refractivity contribution in [2.45, 2.75) is 63.8 Å². The van der Waals surface area contributed by atoms with Gasteiger partial charge in [-0.15, -0.1) is 0 Å². The summed E-state index contributed by atoms with van der Waals surface area (Å²) < 4.78 is 19.1. The van der Waals surface area contributed by atoms with E-state index < -0.39 is 47.0 Å². The van der Waals surface area contributed by atoms with E-state index in [4.69, 9.17) is 0 Å². The fraction of sp³-hybridized carbons (Fsp3) is 0.739. The van der Waals surface area contributed by atoms with Crippen LogP contribution in [0, 0.1) is 28.6 Å². The molecule has 0 unspecified atom stereocenters. The van der Waals surface area contributed by atoms with Crippen LogP contribution in [0.2, 0.25) is 0 Å². The van der Waals surface area contributed by atoms with Crippen molar-refractivity contribution in [2.75, 3.05) is 6.61 Å². The standard InChI is InChI=1S/C23H31FN2O4/c1-12-6-16-15-5-4-14-7-17-13(10-25-26(17)3)8-21(14,2)23(15,24)18(28)9-22(16,20(12)30)19(29)11-27/h7,10,12,15-16,18,20,27-28,30H,4-6,8-9,11H2,1-3H3/t12-,15+,16+,18+,20-,21+,22+,23+/m1/s1. The smallest absolute Gasteiger partial charge is 0.167 e. The SMILES string of the molecule is C[C@@H]1C[C@H]2[C@@H]3CCC4=Cc5c(cnn5C)C[C@]4(C)[C@@]3(F)[C@@H](O)C[C@]2(C(=O)CO)[C@@H]1O. The van der Waals surface area contributed by atoms with Crippen molar-refractivity contribution < 1.29 is 24.5 Å². The van der Waals surface area contributed by atoms with Gasteiger partial charge in [-0.25, -0.2) is 4.39 Å². The predicted molar refractivity (Wildman–Crippen MR) is 108 cm³/mol. The summed E-state index contributed by atoms with van der Waals surface area (Å²) in [5.41, 5.74) is -1.11. The molecule has 1 aromatic rings. The third kappa shape index (κ3) is 2.14. The number of allylic oxidation sites excluding steroid dienone is 1. The van der Waals surface area contributed by atoms with E-state index >= 15 is 4.39 Å². The molecule has 0 amide bonds. The molecule has 0 saturated heterocycles. The molecule has 5 rings (SSSR count). The van der Waals surface area contributed by atoms with Crippen LogP contribution in [0.3, 0.4) is 0 Å². The van der Waals surface area contributed by atoms with Crippen LogP contribution < -0.4 is 0 Å². The molecule has 0 spiro atoms. The van der Waals surface area contributed by atoms with Crippen LogP contribution in [0.15, 0.2) is 11.8 Å². The first-order valence-electron chi connectivity index (χ1n) is 11.0. The molecule has 0 aliphatic heterocycles. The highest BCUT2D eigenvalue weighted by atomic mass is 19.1. The summed E-state index contributed by atoms with van der Waals surface area (Å²) in [5, 5.41) is 36.3. The number of rotatable bonds is 2. The summed E-state index contributed by atoms with van der Waals surface area (Å²) in [7, 11) is 1.88. The van der Waals surface area contributed by atoms with Crippen LogP contribution in [0.5, 0.6) is 0 Å². The number of halogens is 1. The van der Waals surface area contributed by atoms with Gasteiger partial charge in [-0.3, -0.25) is 9.48 Å². The van der Waals surface area contributed by atoms with Crippen LogP contribution in [0.25, 0.3) is 6.08 Å². The molecule has 1 heterocycles. The minimum absolute atomic E-state index is 0.141. The fourth-order valence-corrected chi connectivity index (χ4v) is 7.77. The lowest BCUT2D eigenvalue weighted by atomic mass is 9.44. The van der Waals surface area contributed by atoms with Gasteiger partial charge in [0, 0.05) is 18.4 Å². The number of alkyl halides is 1. The van der Waals surface area contributed by atoms with Gasteiger partial charge in [0.15, 0.2) is 5.78 Å². The predicted octanol–water partition coefficient (Wildman–Crippen LogP) is 1.81. The molecule has 7 heteroatoms. The van der Waals surface area contributed by atoms with Crippen molar-refractivity contribution in [3.8, 4) is 0 Å². The molecule has 30 heavy (non-hydrogen) atoms. The third-order valence-corrected chi connectivity index (χ3v) is 9.26. The minimum atomic E-state index is -1.90. The lowest BCUT2D eigenvalue weighted by molar-refractivity contribution is -0.214. The normalized spacial score (nSPS) is 47.0. The number of carbonyl (C=O) groups excluding carboxylic acids is 1. The zero-order valence-corrected chi connectivity index (χ0v) is 17.8. The maximum atomic E-state index is 17.3. The Morgan fingerprint density at radius 2 is 2.10 bits per heavy atom. The second-order valence-electron chi connectivity index (χ2n) is 10.4. The quantitative estimate of drug-likeness (QED) is 0.681. The molecule has 0 aromatic carbocycles. The average molecular weight is 419 g/mol. The van der Waals surface area contributed by atoms with E-state index in [1.807, 2.05) is 27.0 Å². The number of aliphatic hydroxyl groups is 3. The minimum Gasteiger partial charge on any atom is -0.392 e. The average Bonchev–Trinajstić information content (AvgIpc) is 3.19. The van der Waals surface area contributed by atoms with Gasteiger partial charge in [0.05, 0.1) is 29.5 Å². The number of Topliss-reactive ketones (excluding diaryl/α,β-unsaturated/α-hetero) is 1. The number of fused-ring (bicyclic) bond motifs is 6. The summed E-state index contributed by atoms with van der Waals surface area (Å²) in [4.78, 5) is 12.9. The van der Waals surface area contributed by atoms with Crippen LogP contribution in [0.1, 0.15) is 50.8 Å². The van der Waals surface area contributed by atoms with Gasteiger partial charge in [-0.2, -0.15) is 5.10 Å². The second-order valence-corrected chi connectivity index (χ2v) is 10.4. The Labute approximate surface area is 175 Å². The van der Waals surface area contributed by atoms with Crippen molar-refractivity contribution in [3.63, 3.8) is 0 Å². The van der Waals surface area contributed by atoms with Crippen molar-refractivity contribution >= 4 is 11.9 Å². The van der Waals surface area contributed by atoms with Crippen LogP contribution >= 0.6 is 0 Å². The first-order valence-corrected chi connectivity index (χ1v) is 11.0. The summed E-state index contributed by atoms with van der Waals surface area (Å²) >= 11 is 0. The Bertz CT molecular complexity index is 944. The number of ketones is 1. The van der Waals surface area contributed by atoms with Gasteiger partial charge >= 0.3 is 0 Å². The number of aryl methyl sites for hydroxylation is 1. The van der Waals surface area contributed by atoms with Crippen LogP contribution in [-0.4, -0.2) is 55.4 Å². The van der Waals surface area contributed by atoms with E-state index in [9.17, 15) is 20.1 Å². The first kappa shape index (κ1) is 20.3. The summed E-state index contributed by atoms with van der Waals surface area (Å²) in [5.74, 6) is -1.57. The Morgan fingerprint density at radius 3 is 2.80 bits per heavy atom. The highest BCUT2D eigenvalue weighted by Crippen LogP contribution is 2.69. The maximum absolute atomic E-state index is 17.3. The van der Waals surface area contributed by atoms with E-state index in [0.29, 0.717) is 25.7 Å². The Morgan fingerprint density at radius 1 is 1.37 bits per heavy atom. The highest BCUT2D eigenvalue weighted by molar-refractivity contribution is 5.87. The Hall–Kier alpha value is -1.57.